The van der Waals surface area contributed by atoms with Gasteiger partial charge in [0.15, 0.2) is 5.54 Å². The van der Waals surface area contributed by atoms with Crippen molar-refractivity contribution in [2.24, 2.45) is 0 Å². The molecule has 0 spiro atoms. The van der Waals surface area contributed by atoms with Crippen molar-refractivity contribution in [3.05, 3.63) is 30.0 Å². The summed E-state index contributed by atoms with van der Waals surface area (Å²) in [5.74, 6) is -0.194. The summed E-state index contributed by atoms with van der Waals surface area (Å²) in [6.45, 7) is 2.97. The highest BCUT2D eigenvalue weighted by atomic mass is 16.5. The first-order chi connectivity index (χ1) is 9.92. The van der Waals surface area contributed by atoms with Crippen molar-refractivity contribution in [1.29, 1.82) is 0 Å². The summed E-state index contributed by atoms with van der Waals surface area (Å²) in [7, 11) is 2.86. The Balaban J connectivity index is 2.64. The van der Waals surface area contributed by atoms with Gasteiger partial charge in [0.1, 0.15) is 5.75 Å². The number of rotatable bonds is 4. The van der Waals surface area contributed by atoms with E-state index < -0.39 is 11.5 Å². The van der Waals surface area contributed by atoms with Gasteiger partial charge in [0.05, 0.1) is 14.2 Å². The van der Waals surface area contributed by atoms with Crippen LogP contribution in [0.5, 0.6) is 5.75 Å². The number of fused-ring (bicyclic) bond motifs is 1. The molecule has 0 aliphatic heterocycles. The first-order valence-corrected chi connectivity index (χ1v) is 6.45. The summed E-state index contributed by atoms with van der Waals surface area (Å²) in [6, 6.07) is 5.48. The predicted octanol–water partition coefficient (Wildman–Crippen LogP) is 1.70. The molecule has 21 heavy (non-hydrogen) atoms. The van der Waals surface area contributed by atoms with Crippen LogP contribution < -0.4 is 10.1 Å². The van der Waals surface area contributed by atoms with Crippen molar-refractivity contribution < 1.29 is 19.1 Å². The minimum atomic E-state index is -1.27. The van der Waals surface area contributed by atoms with Gasteiger partial charge in [0.25, 0.3) is 0 Å². The normalized spacial score (nSPS) is 13.5. The molecule has 0 aliphatic rings. The van der Waals surface area contributed by atoms with Crippen LogP contribution >= 0.6 is 0 Å². The number of nitrogens with one attached hydrogen (secondary N) is 2. The largest absolute Gasteiger partial charge is 0.497 e. The number of carbonyl (C=O) groups excluding carboxylic acids is 2. The van der Waals surface area contributed by atoms with Gasteiger partial charge >= 0.3 is 5.97 Å². The minimum absolute atomic E-state index is 0.319. The Bertz CT molecular complexity index is 692. The number of carbonyl (C=O) groups is 2. The van der Waals surface area contributed by atoms with Gasteiger partial charge in [-0.2, -0.15) is 0 Å². The number of aromatic nitrogens is 1. The maximum atomic E-state index is 12.2. The number of hydrogen-bond acceptors (Lipinski definition) is 4. The van der Waals surface area contributed by atoms with Crippen molar-refractivity contribution in [3.8, 4) is 5.75 Å². The second-order valence-corrected chi connectivity index (χ2v) is 4.91. The van der Waals surface area contributed by atoms with Crippen molar-refractivity contribution in [2.75, 3.05) is 14.2 Å². The fourth-order valence-corrected chi connectivity index (χ4v) is 2.42. The summed E-state index contributed by atoms with van der Waals surface area (Å²) in [5.41, 5.74) is 0.190. The van der Waals surface area contributed by atoms with Crippen molar-refractivity contribution in [3.63, 3.8) is 0 Å². The number of hydrogen-bond donors (Lipinski definition) is 2. The fourth-order valence-electron chi connectivity index (χ4n) is 2.42. The van der Waals surface area contributed by atoms with Crippen molar-refractivity contribution in [1.82, 2.24) is 10.3 Å². The zero-order valence-corrected chi connectivity index (χ0v) is 12.4. The molecular weight excluding hydrogens is 272 g/mol. The van der Waals surface area contributed by atoms with E-state index in [1.165, 1.54) is 14.0 Å². The molecule has 1 heterocycles. The molecule has 1 aromatic carbocycles. The molecule has 0 fully saturated rings. The molecule has 2 N–H and O–H groups in total. The maximum Gasteiger partial charge on any atom is 0.336 e. The molecule has 1 atom stereocenters. The summed E-state index contributed by atoms with van der Waals surface area (Å²) in [5, 5.41) is 3.45. The highest BCUT2D eigenvalue weighted by molar-refractivity contribution is 5.95. The summed E-state index contributed by atoms with van der Waals surface area (Å²) >= 11 is 0. The Morgan fingerprint density at radius 3 is 2.57 bits per heavy atom. The second-order valence-electron chi connectivity index (χ2n) is 4.91. The van der Waals surface area contributed by atoms with Crippen LogP contribution in [0.2, 0.25) is 0 Å². The molecule has 2 aromatic rings. The zero-order valence-electron chi connectivity index (χ0n) is 12.4. The van der Waals surface area contributed by atoms with E-state index in [-0.39, 0.29) is 5.91 Å². The van der Waals surface area contributed by atoms with E-state index in [9.17, 15) is 9.59 Å². The number of aromatic amines is 1. The summed E-state index contributed by atoms with van der Waals surface area (Å²) < 4.78 is 10.1. The van der Waals surface area contributed by atoms with Crippen LogP contribution in [-0.4, -0.2) is 31.1 Å². The van der Waals surface area contributed by atoms with Gasteiger partial charge in [-0.15, -0.1) is 0 Å². The highest BCUT2D eigenvalue weighted by Crippen LogP contribution is 2.32. The molecule has 1 unspecified atom stereocenters. The standard InChI is InChI=1S/C15H18N2O4/c1-9(18)17-15(2,14(19)21-4)12-8-16-13-6-5-10(20-3)7-11(12)13/h5-8,16H,1-4H3,(H,17,18). The lowest BCUT2D eigenvalue weighted by atomic mass is 9.91. The molecule has 0 saturated heterocycles. The minimum Gasteiger partial charge on any atom is -0.497 e. The Kier molecular flexibility index (Phi) is 3.88. The molecule has 6 nitrogen and oxygen atoms in total. The van der Waals surface area contributed by atoms with Gasteiger partial charge in [-0.05, 0) is 25.1 Å². The first kappa shape index (κ1) is 14.9. The molecule has 1 aromatic heterocycles. The fraction of sp³-hybridized carbons (Fsp3) is 0.333. The number of methoxy groups -OCH3 is 2. The molecule has 0 aliphatic carbocycles. The Morgan fingerprint density at radius 1 is 1.29 bits per heavy atom. The van der Waals surface area contributed by atoms with Gasteiger partial charge in [-0.3, -0.25) is 4.79 Å². The van der Waals surface area contributed by atoms with Gasteiger partial charge in [-0.1, -0.05) is 0 Å². The van der Waals surface area contributed by atoms with Crippen molar-refractivity contribution >= 4 is 22.8 Å². The number of ether oxygens (including phenoxy) is 2. The number of amides is 1. The Morgan fingerprint density at radius 2 is 2.00 bits per heavy atom. The monoisotopic (exact) mass is 290 g/mol. The van der Waals surface area contributed by atoms with Crippen LogP contribution in [0.25, 0.3) is 10.9 Å². The average molecular weight is 290 g/mol. The SMILES string of the molecule is COC(=O)C(C)(NC(C)=O)c1c[nH]c2ccc(OC)cc12. The quantitative estimate of drug-likeness (QED) is 0.840. The van der Waals surface area contributed by atoms with Gasteiger partial charge in [0, 0.05) is 29.6 Å². The molecular formula is C15H18N2O4. The Hall–Kier alpha value is -2.50. The smallest absolute Gasteiger partial charge is 0.336 e. The predicted molar refractivity (Wildman–Crippen MR) is 78.0 cm³/mol. The summed E-state index contributed by atoms with van der Waals surface area (Å²) in [4.78, 5) is 26.7. The highest BCUT2D eigenvalue weighted by Gasteiger charge is 2.39. The van der Waals surface area contributed by atoms with E-state index >= 15 is 0 Å². The summed E-state index contributed by atoms with van der Waals surface area (Å²) in [6.07, 6.45) is 1.69. The second kappa shape index (κ2) is 5.47. The van der Waals surface area contributed by atoms with Crippen LogP contribution in [0.1, 0.15) is 19.4 Å². The topological polar surface area (TPSA) is 80.4 Å². The average Bonchev–Trinajstić information content (AvgIpc) is 2.88. The third-order valence-electron chi connectivity index (χ3n) is 3.45. The van der Waals surface area contributed by atoms with E-state index in [2.05, 4.69) is 10.3 Å². The van der Waals surface area contributed by atoms with Gasteiger partial charge in [-0.25, -0.2) is 4.79 Å². The van der Waals surface area contributed by atoms with Crippen LogP contribution in [0, 0.1) is 0 Å². The third-order valence-corrected chi connectivity index (χ3v) is 3.45. The van der Waals surface area contributed by atoms with E-state index in [1.54, 1.807) is 20.2 Å². The molecule has 2 rings (SSSR count). The molecule has 1 amide bonds. The van der Waals surface area contributed by atoms with Crippen LogP contribution in [0.4, 0.5) is 0 Å². The number of esters is 1. The number of benzene rings is 1. The third kappa shape index (κ3) is 2.56. The molecule has 6 heteroatoms. The molecule has 0 radical (unpaired) electrons. The van der Waals surface area contributed by atoms with Crippen LogP contribution in [-0.2, 0) is 19.9 Å². The van der Waals surface area contributed by atoms with Gasteiger partial charge in [0.2, 0.25) is 5.91 Å². The lowest BCUT2D eigenvalue weighted by Gasteiger charge is -2.27. The first-order valence-electron chi connectivity index (χ1n) is 6.45. The molecule has 0 saturated carbocycles. The van der Waals surface area contributed by atoms with E-state index in [0.29, 0.717) is 11.3 Å². The van der Waals surface area contributed by atoms with Gasteiger partial charge < -0.3 is 19.8 Å². The number of H-pyrrole nitrogens is 1. The lowest BCUT2D eigenvalue weighted by molar-refractivity contribution is -0.150. The van der Waals surface area contributed by atoms with E-state index in [0.717, 1.165) is 10.9 Å². The van der Waals surface area contributed by atoms with Crippen molar-refractivity contribution in [2.45, 2.75) is 19.4 Å². The van der Waals surface area contributed by atoms with Crippen LogP contribution in [0.3, 0.4) is 0 Å². The molecule has 0 bridgehead atoms. The lowest BCUT2D eigenvalue weighted by Crippen LogP contribution is -2.49. The van der Waals surface area contributed by atoms with E-state index in [4.69, 9.17) is 9.47 Å². The Labute approximate surface area is 122 Å². The molecule has 112 valence electrons. The van der Waals surface area contributed by atoms with E-state index in [1.807, 2.05) is 18.2 Å². The zero-order chi connectivity index (χ0) is 15.6. The maximum absolute atomic E-state index is 12.2. The van der Waals surface area contributed by atoms with Crippen LogP contribution in [0.15, 0.2) is 24.4 Å².